The first-order valence-corrected chi connectivity index (χ1v) is 8.27. The van der Waals surface area contributed by atoms with Gasteiger partial charge in [0.2, 0.25) is 0 Å². The molecule has 2 aromatic carbocycles. The predicted octanol–water partition coefficient (Wildman–Crippen LogP) is 5.58. The molecule has 24 heavy (non-hydrogen) atoms. The zero-order valence-corrected chi connectivity index (χ0v) is 14.4. The first kappa shape index (κ1) is 16.6. The van der Waals surface area contributed by atoms with Crippen LogP contribution < -0.4 is 10.1 Å². The third-order valence-corrected chi connectivity index (χ3v) is 4.06. The summed E-state index contributed by atoms with van der Waals surface area (Å²) in [5, 5.41) is 4.50. The Morgan fingerprint density at radius 2 is 1.79 bits per heavy atom. The van der Waals surface area contributed by atoms with E-state index in [2.05, 4.69) is 10.3 Å². The third kappa shape index (κ3) is 4.63. The second kappa shape index (κ2) is 8.04. The number of nitrogens with zero attached hydrogens (tertiary/aromatic N) is 1. The molecule has 1 heterocycles. The SMILES string of the molecule is Clc1ccc(COc2ccc(CNc3ccccn3)cc2)c(Cl)c1. The van der Waals surface area contributed by atoms with E-state index in [1.54, 1.807) is 18.3 Å². The van der Waals surface area contributed by atoms with Crippen molar-refractivity contribution >= 4 is 29.0 Å². The summed E-state index contributed by atoms with van der Waals surface area (Å²) in [5.74, 6) is 1.65. The molecule has 0 bridgehead atoms. The molecule has 0 saturated heterocycles. The Hall–Kier alpha value is -2.23. The Kier molecular flexibility index (Phi) is 5.57. The van der Waals surface area contributed by atoms with Gasteiger partial charge in [-0.2, -0.15) is 0 Å². The molecule has 0 unspecified atom stereocenters. The zero-order chi connectivity index (χ0) is 16.8. The second-order valence-electron chi connectivity index (χ2n) is 5.24. The molecule has 0 aliphatic rings. The highest BCUT2D eigenvalue weighted by Crippen LogP contribution is 2.23. The molecule has 0 radical (unpaired) electrons. The van der Waals surface area contributed by atoms with E-state index in [-0.39, 0.29) is 0 Å². The molecule has 1 aromatic heterocycles. The Labute approximate surface area is 151 Å². The quantitative estimate of drug-likeness (QED) is 0.624. The molecular formula is C19H16Cl2N2O. The molecule has 122 valence electrons. The smallest absolute Gasteiger partial charge is 0.126 e. The van der Waals surface area contributed by atoms with Gasteiger partial charge in [-0.3, -0.25) is 0 Å². The summed E-state index contributed by atoms with van der Waals surface area (Å²) in [4.78, 5) is 4.23. The largest absolute Gasteiger partial charge is 0.489 e. The highest BCUT2D eigenvalue weighted by Gasteiger charge is 2.03. The van der Waals surface area contributed by atoms with Gasteiger partial charge < -0.3 is 10.1 Å². The van der Waals surface area contributed by atoms with Gasteiger partial charge in [0.05, 0.1) is 0 Å². The van der Waals surface area contributed by atoms with Gasteiger partial charge in [0.25, 0.3) is 0 Å². The summed E-state index contributed by atoms with van der Waals surface area (Å²) >= 11 is 12.0. The molecule has 0 aliphatic heterocycles. The number of rotatable bonds is 6. The van der Waals surface area contributed by atoms with Gasteiger partial charge in [0.1, 0.15) is 18.2 Å². The summed E-state index contributed by atoms with van der Waals surface area (Å²) in [6.07, 6.45) is 1.77. The van der Waals surface area contributed by atoms with E-state index in [1.807, 2.05) is 48.5 Å². The minimum atomic E-state index is 0.404. The van der Waals surface area contributed by atoms with Gasteiger partial charge in [-0.05, 0) is 42.0 Å². The second-order valence-corrected chi connectivity index (χ2v) is 6.08. The van der Waals surface area contributed by atoms with E-state index in [0.29, 0.717) is 23.2 Å². The van der Waals surface area contributed by atoms with Crippen molar-refractivity contribution in [3.05, 3.63) is 88.0 Å². The number of halogens is 2. The van der Waals surface area contributed by atoms with E-state index < -0.39 is 0 Å². The number of nitrogens with one attached hydrogen (secondary N) is 1. The fourth-order valence-corrected chi connectivity index (χ4v) is 2.63. The van der Waals surface area contributed by atoms with Gasteiger partial charge >= 0.3 is 0 Å². The summed E-state index contributed by atoms with van der Waals surface area (Å²) in [7, 11) is 0. The Balaban J connectivity index is 1.54. The number of hydrogen-bond acceptors (Lipinski definition) is 3. The lowest BCUT2D eigenvalue weighted by Crippen LogP contribution is -2.01. The standard InChI is InChI=1S/C19H16Cl2N2O/c20-16-7-6-15(18(21)11-16)13-24-17-8-4-14(5-9-17)12-23-19-3-1-2-10-22-19/h1-11H,12-13H2,(H,22,23). The summed E-state index contributed by atoms with van der Waals surface area (Å²) in [5.41, 5.74) is 2.06. The fourth-order valence-electron chi connectivity index (χ4n) is 2.16. The molecule has 0 fully saturated rings. The van der Waals surface area contributed by atoms with Crippen LogP contribution in [-0.4, -0.2) is 4.98 Å². The Morgan fingerprint density at radius 3 is 2.50 bits per heavy atom. The number of pyridine rings is 1. The Bertz CT molecular complexity index is 792. The van der Waals surface area contributed by atoms with Crippen molar-refractivity contribution in [2.75, 3.05) is 5.32 Å². The van der Waals surface area contributed by atoms with E-state index in [1.165, 1.54) is 0 Å². The number of ether oxygens (including phenoxy) is 1. The van der Waals surface area contributed by atoms with Crippen molar-refractivity contribution in [2.24, 2.45) is 0 Å². The molecular weight excluding hydrogens is 343 g/mol. The number of aromatic nitrogens is 1. The van der Waals surface area contributed by atoms with Crippen LogP contribution in [0.4, 0.5) is 5.82 Å². The molecule has 0 saturated carbocycles. The lowest BCUT2D eigenvalue weighted by atomic mass is 10.2. The topological polar surface area (TPSA) is 34.1 Å². The molecule has 0 amide bonds. The fraction of sp³-hybridized carbons (Fsp3) is 0.105. The van der Waals surface area contributed by atoms with Crippen LogP contribution in [0.5, 0.6) is 5.75 Å². The van der Waals surface area contributed by atoms with Crippen molar-refractivity contribution in [1.82, 2.24) is 4.98 Å². The van der Waals surface area contributed by atoms with Crippen molar-refractivity contribution < 1.29 is 4.74 Å². The van der Waals surface area contributed by atoms with Crippen LogP contribution in [-0.2, 0) is 13.2 Å². The van der Waals surface area contributed by atoms with Crippen LogP contribution in [0.15, 0.2) is 66.9 Å². The normalized spacial score (nSPS) is 10.4. The third-order valence-electron chi connectivity index (χ3n) is 3.47. The van der Waals surface area contributed by atoms with Crippen LogP contribution >= 0.6 is 23.2 Å². The number of anilines is 1. The maximum absolute atomic E-state index is 6.14. The summed E-state index contributed by atoms with van der Waals surface area (Å²) in [6.45, 7) is 1.11. The van der Waals surface area contributed by atoms with Crippen molar-refractivity contribution in [3.63, 3.8) is 0 Å². The summed E-state index contributed by atoms with van der Waals surface area (Å²) < 4.78 is 5.77. The van der Waals surface area contributed by atoms with E-state index >= 15 is 0 Å². The molecule has 1 N–H and O–H groups in total. The summed E-state index contributed by atoms with van der Waals surface area (Å²) in [6, 6.07) is 19.1. The Morgan fingerprint density at radius 1 is 0.958 bits per heavy atom. The van der Waals surface area contributed by atoms with Crippen LogP contribution in [0.25, 0.3) is 0 Å². The highest BCUT2D eigenvalue weighted by atomic mass is 35.5. The number of benzene rings is 2. The maximum Gasteiger partial charge on any atom is 0.126 e. The molecule has 0 atom stereocenters. The number of hydrogen-bond donors (Lipinski definition) is 1. The lowest BCUT2D eigenvalue weighted by molar-refractivity contribution is 0.306. The van der Waals surface area contributed by atoms with Gasteiger partial charge in [-0.15, -0.1) is 0 Å². The molecule has 0 spiro atoms. The van der Waals surface area contributed by atoms with Gasteiger partial charge in [-0.1, -0.05) is 47.5 Å². The van der Waals surface area contributed by atoms with Crippen molar-refractivity contribution in [3.8, 4) is 5.75 Å². The maximum atomic E-state index is 6.14. The highest BCUT2D eigenvalue weighted by molar-refractivity contribution is 6.35. The van der Waals surface area contributed by atoms with Gasteiger partial charge in [0.15, 0.2) is 0 Å². The van der Waals surface area contributed by atoms with Gasteiger partial charge in [-0.25, -0.2) is 4.98 Å². The monoisotopic (exact) mass is 358 g/mol. The predicted molar refractivity (Wildman–Crippen MR) is 98.8 cm³/mol. The van der Waals surface area contributed by atoms with Crippen LogP contribution in [0.1, 0.15) is 11.1 Å². The zero-order valence-electron chi connectivity index (χ0n) is 12.9. The molecule has 5 heteroatoms. The van der Waals surface area contributed by atoms with E-state index in [4.69, 9.17) is 27.9 Å². The first-order chi connectivity index (χ1) is 11.7. The molecule has 0 aliphatic carbocycles. The lowest BCUT2D eigenvalue weighted by Gasteiger charge is -2.09. The average molecular weight is 359 g/mol. The van der Waals surface area contributed by atoms with E-state index in [0.717, 1.165) is 22.7 Å². The molecule has 3 aromatic rings. The minimum absolute atomic E-state index is 0.404. The van der Waals surface area contributed by atoms with Crippen molar-refractivity contribution in [2.45, 2.75) is 13.2 Å². The average Bonchev–Trinajstić information content (AvgIpc) is 2.61. The van der Waals surface area contributed by atoms with Gasteiger partial charge in [0, 0.05) is 28.4 Å². The minimum Gasteiger partial charge on any atom is -0.489 e. The molecule has 3 rings (SSSR count). The first-order valence-electron chi connectivity index (χ1n) is 7.51. The van der Waals surface area contributed by atoms with E-state index in [9.17, 15) is 0 Å². The van der Waals surface area contributed by atoms with Crippen molar-refractivity contribution in [1.29, 1.82) is 0 Å². The molecule has 3 nitrogen and oxygen atoms in total. The van der Waals surface area contributed by atoms with Crippen LogP contribution in [0.2, 0.25) is 10.0 Å². The van der Waals surface area contributed by atoms with Crippen LogP contribution in [0, 0.1) is 0 Å². The van der Waals surface area contributed by atoms with Crippen LogP contribution in [0.3, 0.4) is 0 Å².